The van der Waals surface area contributed by atoms with E-state index in [-0.39, 0.29) is 11.6 Å². The lowest BCUT2D eigenvalue weighted by atomic mass is 10.2. The molecule has 7 nitrogen and oxygen atoms in total. The first-order chi connectivity index (χ1) is 14.1. The van der Waals surface area contributed by atoms with Crippen LogP contribution in [0.15, 0.2) is 60.7 Å². The number of nitrogens with one attached hydrogen (secondary N) is 2. The van der Waals surface area contributed by atoms with Crippen molar-refractivity contribution in [1.29, 1.82) is 0 Å². The van der Waals surface area contributed by atoms with E-state index in [0.29, 0.717) is 23.8 Å². The Kier molecular flexibility index (Phi) is 6.52. The van der Waals surface area contributed by atoms with Crippen molar-refractivity contribution < 1.29 is 14.3 Å². The van der Waals surface area contributed by atoms with Crippen LogP contribution in [0.2, 0.25) is 0 Å². The summed E-state index contributed by atoms with van der Waals surface area (Å²) >= 11 is 0. The number of rotatable bonds is 7. The molecule has 3 aromatic rings. The fourth-order valence-corrected chi connectivity index (χ4v) is 2.63. The summed E-state index contributed by atoms with van der Waals surface area (Å²) in [6.07, 6.45) is 0.833. The number of nitrogens with zero attached hydrogens (tertiary/aromatic N) is 2. The summed E-state index contributed by atoms with van der Waals surface area (Å²) in [5.74, 6) is 0.269. The van der Waals surface area contributed by atoms with Crippen LogP contribution in [0.1, 0.15) is 34.2 Å². The van der Waals surface area contributed by atoms with Crippen molar-refractivity contribution in [3.8, 4) is 11.4 Å². The second kappa shape index (κ2) is 9.45. The average molecular weight is 390 g/mol. The Hall–Kier alpha value is -3.74. The van der Waals surface area contributed by atoms with Gasteiger partial charge in [0.05, 0.1) is 12.7 Å². The second-order valence-corrected chi connectivity index (χ2v) is 6.28. The Bertz CT molecular complexity index is 989. The van der Waals surface area contributed by atoms with Crippen molar-refractivity contribution >= 4 is 23.4 Å². The van der Waals surface area contributed by atoms with E-state index in [9.17, 15) is 9.59 Å². The zero-order chi connectivity index (χ0) is 20.6. The zero-order valence-corrected chi connectivity index (χ0v) is 16.3. The molecular weight excluding hydrogens is 368 g/mol. The summed E-state index contributed by atoms with van der Waals surface area (Å²) in [4.78, 5) is 33.0. The van der Waals surface area contributed by atoms with Gasteiger partial charge in [-0.3, -0.25) is 4.79 Å². The van der Waals surface area contributed by atoms with Crippen LogP contribution in [0.5, 0.6) is 0 Å². The first kappa shape index (κ1) is 20.0. The minimum Gasteiger partial charge on any atom is -0.465 e. The van der Waals surface area contributed by atoms with E-state index in [1.54, 1.807) is 30.3 Å². The van der Waals surface area contributed by atoms with Gasteiger partial charge in [-0.15, -0.1) is 0 Å². The van der Waals surface area contributed by atoms with Crippen molar-refractivity contribution in [2.45, 2.75) is 13.3 Å². The molecule has 3 rings (SSSR count). The molecule has 0 spiro atoms. The number of methoxy groups -OCH3 is 1. The van der Waals surface area contributed by atoms with E-state index >= 15 is 0 Å². The number of esters is 1. The molecule has 7 heteroatoms. The zero-order valence-electron chi connectivity index (χ0n) is 16.3. The number of anilines is 2. The summed E-state index contributed by atoms with van der Waals surface area (Å²) < 4.78 is 4.71. The number of ether oxygens (including phenoxy) is 1. The molecular formula is C22H22N4O3. The Balaban J connectivity index is 1.92. The SMILES string of the molecule is CCCNC(=O)c1cc(Nc2ccc(C(=O)OC)cc2)nc(-c2ccccc2)n1. The maximum absolute atomic E-state index is 12.5. The van der Waals surface area contributed by atoms with Crippen LogP contribution in [0.25, 0.3) is 11.4 Å². The first-order valence-corrected chi connectivity index (χ1v) is 9.29. The number of benzene rings is 2. The molecule has 0 saturated carbocycles. The first-order valence-electron chi connectivity index (χ1n) is 9.29. The highest BCUT2D eigenvalue weighted by Gasteiger charge is 2.13. The van der Waals surface area contributed by atoms with E-state index in [2.05, 4.69) is 20.6 Å². The van der Waals surface area contributed by atoms with Gasteiger partial charge in [0.1, 0.15) is 11.5 Å². The normalized spacial score (nSPS) is 10.3. The number of amides is 1. The van der Waals surface area contributed by atoms with Crippen LogP contribution in [0, 0.1) is 0 Å². The molecule has 0 saturated heterocycles. The third-order valence-electron chi connectivity index (χ3n) is 4.10. The van der Waals surface area contributed by atoms with Gasteiger partial charge in [0, 0.05) is 23.9 Å². The van der Waals surface area contributed by atoms with Gasteiger partial charge in [-0.2, -0.15) is 0 Å². The van der Waals surface area contributed by atoms with Gasteiger partial charge in [-0.1, -0.05) is 37.3 Å². The topological polar surface area (TPSA) is 93.2 Å². The number of hydrogen-bond donors (Lipinski definition) is 2. The van der Waals surface area contributed by atoms with Gasteiger partial charge in [-0.25, -0.2) is 14.8 Å². The molecule has 0 unspecified atom stereocenters. The van der Waals surface area contributed by atoms with Gasteiger partial charge < -0.3 is 15.4 Å². The van der Waals surface area contributed by atoms with Crippen LogP contribution >= 0.6 is 0 Å². The van der Waals surface area contributed by atoms with Gasteiger partial charge in [0.15, 0.2) is 5.82 Å². The summed E-state index contributed by atoms with van der Waals surface area (Å²) in [6, 6.07) is 17.9. The molecule has 0 atom stereocenters. The van der Waals surface area contributed by atoms with Crippen LogP contribution in [0.3, 0.4) is 0 Å². The Morgan fingerprint density at radius 2 is 1.72 bits per heavy atom. The van der Waals surface area contributed by atoms with Crippen molar-refractivity contribution in [3.63, 3.8) is 0 Å². The summed E-state index contributed by atoms with van der Waals surface area (Å²) in [6.45, 7) is 2.56. The number of hydrogen-bond acceptors (Lipinski definition) is 6. The van der Waals surface area contributed by atoms with Crippen molar-refractivity contribution in [2.24, 2.45) is 0 Å². The number of carbonyl (C=O) groups is 2. The summed E-state index contributed by atoms with van der Waals surface area (Å²) in [5, 5.41) is 6.00. The summed E-state index contributed by atoms with van der Waals surface area (Å²) in [7, 11) is 1.34. The van der Waals surface area contributed by atoms with Gasteiger partial charge >= 0.3 is 5.97 Å². The smallest absolute Gasteiger partial charge is 0.337 e. The Morgan fingerprint density at radius 1 is 1.00 bits per heavy atom. The molecule has 1 amide bonds. The van der Waals surface area contributed by atoms with Crippen LogP contribution in [-0.2, 0) is 4.74 Å². The van der Waals surface area contributed by atoms with Crippen molar-refractivity contribution in [2.75, 3.05) is 19.0 Å². The number of carbonyl (C=O) groups excluding carboxylic acids is 2. The third-order valence-corrected chi connectivity index (χ3v) is 4.10. The molecule has 148 valence electrons. The highest BCUT2D eigenvalue weighted by atomic mass is 16.5. The van der Waals surface area contributed by atoms with E-state index in [1.807, 2.05) is 37.3 Å². The van der Waals surface area contributed by atoms with E-state index in [4.69, 9.17) is 4.74 Å². The second-order valence-electron chi connectivity index (χ2n) is 6.28. The molecule has 0 aliphatic carbocycles. The van der Waals surface area contributed by atoms with E-state index in [1.165, 1.54) is 7.11 Å². The van der Waals surface area contributed by atoms with Gasteiger partial charge in [0.25, 0.3) is 5.91 Å². The molecule has 0 fully saturated rings. The maximum Gasteiger partial charge on any atom is 0.337 e. The molecule has 1 aromatic heterocycles. The molecule has 0 radical (unpaired) electrons. The highest BCUT2D eigenvalue weighted by Crippen LogP contribution is 2.21. The van der Waals surface area contributed by atoms with Gasteiger partial charge in [-0.05, 0) is 30.7 Å². The van der Waals surface area contributed by atoms with Crippen molar-refractivity contribution in [1.82, 2.24) is 15.3 Å². The van der Waals surface area contributed by atoms with Crippen LogP contribution in [0.4, 0.5) is 11.5 Å². The molecule has 0 bridgehead atoms. The lowest BCUT2D eigenvalue weighted by Crippen LogP contribution is -2.25. The molecule has 1 heterocycles. The Morgan fingerprint density at radius 3 is 2.38 bits per heavy atom. The van der Waals surface area contributed by atoms with Crippen molar-refractivity contribution in [3.05, 3.63) is 71.9 Å². The maximum atomic E-state index is 12.5. The lowest BCUT2D eigenvalue weighted by Gasteiger charge is -2.11. The predicted molar refractivity (Wildman–Crippen MR) is 111 cm³/mol. The lowest BCUT2D eigenvalue weighted by molar-refractivity contribution is 0.0600. The van der Waals surface area contributed by atoms with Crippen LogP contribution < -0.4 is 10.6 Å². The third kappa shape index (κ3) is 5.16. The largest absolute Gasteiger partial charge is 0.465 e. The van der Waals surface area contributed by atoms with E-state index < -0.39 is 5.97 Å². The van der Waals surface area contributed by atoms with E-state index in [0.717, 1.165) is 17.7 Å². The quantitative estimate of drug-likeness (QED) is 0.596. The minimum absolute atomic E-state index is 0.254. The van der Waals surface area contributed by atoms with Gasteiger partial charge in [0.2, 0.25) is 0 Å². The standard InChI is InChI=1S/C22H22N4O3/c1-3-13-23-21(27)18-14-19(26-20(25-18)15-7-5-4-6-8-15)24-17-11-9-16(10-12-17)22(28)29-2/h4-12,14H,3,13H2,1-2H3,(H,23,27)(H,24,25,26). The Labute approximate surface area is 169 Å². The molecule has 29 heavy (non-hydrogen) atoms. The number of aromatic nitrogens is 2. The molecule has 2 aromatic carbocycles. The average Bonchev–Trinajstić information content (AvgIpc) is 2.77. The highest BCUT2D eigenvalue weighted by molar-refractivity contribution is 5.93. The molecule has 0 aliphatic heterocycles. The predicted octanol–water partition coefficient (Wildman–Crippen LogP) is 3.81. The molecule has 2 N–H and O–H groups in total. The minimum atomic E-state index is -0.403. The fraction of sp³-hybridized carbons (Fsp3) is 0.182. The molecule has 0 aliphatic rings. The fourth-order valence-electron chi connectivity index (χ4n) is 2.63. The van der Waals surface area contributed by atoms with Crippen LogP contribution in [-0.4, -0.2) is 35.5 Å². The summed E-state index contributed by atoms with van der Waals surface area (Å²) in [5.41, 5.74) is 2.25. The monoisotopic (exact) mass is 390 g/mol.